The Bertz CT molecular complexity index is 416. The van der Waals surface area contributed by atoms with Crippen molar-refractivity contribution in [1.82, 2.24) is 5.32 Å². The van der Waals surface area contributed by atoms with Crippen molar-refractivity contribution in [1.29, 1.82) is 0 Å². The maximum Gasteiger partial charge on any atom is 0.469 e. The molecule has 1 atom stereocenters. The molecule has 0 fully saturated rings. The van der Waals surface area contributed by atoms with Crippen LogP contribution >= 0.6 is 7.82 Å². The molecule has 0 aromatic heterocycles. The number of carbonyl (C=O) groups excluding carboxylic acids is 1. The molecule has 0 aliphatic heterocycles. The zero-order chi connectivity index (χ0) is 12.9. The summed E-state index contributed by atoms with van der Waals surface area (Å²) in [5, 5.41) is 2.56. The Balaban J connectivity index is 2.74. The van der Waals surface area contributed by atoms with E-state index in [-0.39, 0.29) is 12.5 Å². The van der Waals surface area contributed by atoms with E-state index in [0.717, 1.165) is 5.56 Å². The molecule has 0 saturated carbocycles. The molecule has 0 spiro atoms. The van der Waals surface area contributed by atoms with Crippen LogP contribution in [0.4, 0.5) is 0 Å². The maximum atomic E-state index is 11.0. The van der Waals surface area contributed by atoms with E-state index in [2.05, 4.69) is 9.84 Å². The fraction of sp³-hybridized carbons (Fsp3) is 0.300. The predicted molar refractivity (Wildman–Crippen MR) is 61.0 cm³/mol. The maximum absolute atomic E-state index is 11.0. The standard InChI is InChI=1S/C10H14NO5P/c1-8(12)11-10(7-16-17(13,14)15)9-5-3-2-4-6-9/h2-6,10H,7H2,1H3,(H,11,12)(H2,13,14,15)/t10-/m0/s1. The Morgan fingerprint density at radius 2 is 2.00 bits per heavy atom. The van der Waals surface area contributed by atoms with Gasteiger partial charge in [-0.25, -0.2) is 4.57 Å². The molecule has 1 rings (SSSR count). The van der Waals surface area contributed by atoms with E-state index in [1.165, 1.54) is 6.92 Å². The van der Waals surface area contributed by atoms with Crippen LogP contribution in [0.15, 0.2) is 30.3 Å². The average Bonchev–Trinajstić information content (AvgIpc) is 2.24. The van der Waals surface area contributed by atoms with Crippen molar-refractivity contribution in [2.75, 3.05) is 6.61 Å². The summed E-state index contributed by atoms with van der Waals surface area (Å²) in [5.74, 6) is -0.298. The Morgan fingerprint density at radius 3 is 2.47 bits per heavy atom. The molecular formula is C10H14NO5P. The van der Waals surface area contributed by atoms with Gasteiger partial charge in [-0.1, -0.05) is 30.3 Å². The summed E-state index contributed by atoms with van der Waals surface area (Å²) in [6.07, 6.45) is 0. The second-order valence-corrected chi connectivity index (χ2v) is 4.69. The number of hydrogen-bond acceptors (Lipinski definition) is 3. The number of phosphoric acid groups is 1. The summed E-state index contributed by atoms with van der Waals surface area (Å²) in [5.41, 5.74) is 0.719. The van der Waals surface area contributed by atoms with Crippen molar-refractivity contribution in [3.05, 3.63) is 35.9 Å². The van der Waals surface area contributed by atoms with Crippen LogP contribution in [0.1, 0.15) is 18.5 Å². The monoisotopic (exact) mass is 259 g/mol. The van der Waals surface area contributed by atoms with Gasteiger partial charge < -0.3 is 15.1 Å². The lowest BCUT2D eigenvalue weighted by molar-refractivity contribution is -0.120. The molecule has 1 aromatic carbocycles. The number of nitrogens with one attached hydrogen (secondary N) is 1. The SMILES string of the molecule is CC(=O)N[C@@H](COP(=O)(O)O)c1ccccc1. The van der Waals surface area contributed by atoms with Crippen molar-refractivity contribution in [3.63, 3.8) is 0 Å². The second-order valence-electron chi connectivity index (χ2n) is 3.45. The van der Waals surface area contributed by atoms with Crippen LogP contribution in [0.3, 0.4) is 0 Å². The van der Waals surface area contributed by atoms with Crippen LogP contribution in [-0.4, -0.2) is 22.3 Å². The fourth-order valence-electron chi connectivity index (χ4n) is 1.32. The van der Waals surface area contributed by atoms with Crippen molar-refractivity contribution in [2.45, 2.75) is 13.0 Å². The van der Waals surface area contributed by atoms with Crippen molar-refractivity contribution in [2.24, 2.45) is 0 Å². The van der Waals surface area contributed by atoms with Crippen molar-refractivity contribution in [3.8, 4) is 0 Å². The summed E-state index contributed by atoms with van der Waals surface area (Å²) >= 11 is 0. The van der Waals surface area contributed by atoms with Gasteiger partial charge in [0.15, 0.2) is 0 Å². The van der Waals surface area contributed by atoms with Crippen LogP contribution in [0.5, 0.6) is 0 Å². The van der Waals surface area contributed by atoms with Crippen LogP contribution in [0, 0.1) is 0 Å². The van der Waals surface area contributed by atoms with Crippen molar-refractivity contribution >= 4 is 13.7 Å². The fourth-order valence-corrected chi connectivity index (χ4v) is 1.67. The normalized spacial score (nSPS) is 13.1. The minimum absolute atomic E-state index is 0.284. The highest BCUT2D eigenvalue weighted by Crippen LogP contribution is 2.36. The molecule has 1 aromatic rings. The van der Waals surface area contributed by atoms with E-state index in [4.69, 9.17) is 9.79 Å². The molecular weight excluding hydrogens is 245 g/mol. The number of benzene rings is 1. The Morgan fingerprint density at radius 1 is 1.41 bits per heavy atom. The average molecular weight is 259 g/mol. The summed E-state index contributed by atoms with van der Waals surface area (Å²) in [6, 6.07) is 8.23. The van der Waals surface area contributed by atoms with E-state index in [1.54, 1.807) is 30.3 Å². The van der Waals surface area contributed by atoms with Gasteiger partial charge in [0.1, 0.15) is 0 Å². The molecule has 0 unspecified atom stereocenters. The van der Waals surface area contributed by atoms with E-state index in [9.17, 15) is 9.36 Å². The van der Waals surface area contributed by atoms with Crippen LogP contribution in [0.2, 0.25) is 0 Å². The smallest absolute Gasteiger partial charge is 0.347 e. The first-order valence-corrected chi connectivity index (χ1v) is 6.43. The number of rotatable bonds is 5. The minimum atomic E-state index is -4.53. The summed E-state index contributed by atoms with van der Waals surface area (Å²) in [4.78, 5) is 28.2. The first kappa shape index (κ1) is 13.9. The van der Waals surface area contributed by atoms with Gasteiger partial charge in [0.05, 0.1) is 12.6 Å². The van der Waals surface area contributed by atoms with Crippen LogP contribution in [-0.2, 0) is 13.9 Å². The molecule has 0 aliphatic rings. The van der Waals surface area contributed by atoms with E-state index in [1.807, 2.05) is 0 Å². The van der Waals surface area contributed by atoms with E-state index in [0.29, 0.717) is 0 Å². The van der Waals surface area contributed by atoms with E-state index >= 15 is 0 Å². The first-order chi connectivity index (χ1) is 7.88. The molecule has 7 heteroatoms. The summed E-state index contributed by atoms with van der Waals surface area (Å²) < 4.78 is 15.0. The third-order valence-corrected chi connectivity index (χ3v) is 2.47. The molecule has 17 heavy (non-hydrogen) atoms. The van der Waals surface area contributed by atoms with Gasteiger partial charge in [-0.2, -0.15) is 0 Å². The van der Waals surface area contributed by atoms with Crippen LogP contribution in [0.25, 0.3) is 0 Å². The van der Waals surface area contributed by atoms with Crippen LogP contribution < -0.4 is 5.32 Å². The first-order valence-electron chi connectivity index (χ1n) is 4.90. The molecule has 6 nitrogen and oxygen atoms in total. The number of phosphoric ester groups is 1. The van der Waals surface area contributed by atoms with Gasteiger partial charge in [0.2, 0.25) is 5.91 Å². The highest BCUT2D eigenvalue weighted by molar-refractivity contribution is 7.46. The zero-order valence-corrected chi connectivity index (χ0v) is 10.1. The number of carbonyl (C=O) groups is 1. The summed E-state index contributed by atoms with van der Waals surface area (Å²) in [6.45, 7) is 1.04. The third-order valence-electron chi connectivity index (χ3n) is 1.99. The van der Waals surface area contributed by atoms with Gasteiger partial charge >= 0.3 is 7.82 Å². The zero-order valence-electron chi connectivity index (χ0n) is 9.24. The lowest BCUT2D eigenvalue weighted by Crippen LogP contribution is -2.29. The molecule has 0 radical (unpaired) electrons. The highest BCUT2D eigenvalue weighted by Gasteiger charge is 2.19. The molecule has 0 saturated heterocycles. The molecule has 0 aliphatic carbocycles. The molecule has 94 valence electrons. The Hall–Kier alpha value is -1.20. The third kappa shape index (κ3) is 5.60. The molecule has 0 bridgehead atoms. The lowest BCUT2D eigenvalue weighted by atomic mass is 10.1. The van der Waals surface area contributed by atoms with Gasteiger partial charge in [-0.15, -0.1) is 0 Å². The lowest BCUT2D eigenvalue weighted by Gasteiger charge is -2.18. The largest absolute Gasteiger partial charge is 0.469 e. The van der Waals surface area contributed by atoms with Gasteiger partial charge in [0.25, 0.3) is 0 Å². The highest BCUT2D eigenvalue weighted by atomic mass is 31.2. The topological polar surface area (TPSA) is 95.9 Å². The number of hydrogen-bond donors (Lipinski definition) is 3. The van der Waals surface area contributed by atoms with Gasteiger partial charge in [-0.05, 0) is 5.56 Å². The summed E-state index contributed by atoms with van der Waals surface area (Å²) in [7, 11) is -4.53. The Labute approximate surface area is 98.9 Å². The quantitative estimate of drug-likeness (QED) is 0.685. The van der Waals surface area contributed by atoms with Crippen molar-refractivity contribution < 1.29 is 23.7 Å². The molecule has 3 N–H and O–H groups in total. The minimum Gasteiger partial charge on any atom is -0.347 e. The van der Waals surface area contributed by atoms with E-state index < -0.39 is 13.9 Å². The predicted octanol–water partition coefficient (Wildman–Crippen LogP) is 0.973. The van der Waals surface area contributed by atoms with Gasteiger partial charge in [-0.3, -0.25) is 9.32 Å². The Kier molecular flexibility index (Phi) is 4.84. The number of amides is 1. The van der Waals surface area contributed by atoms with Gasteiger partial charge in [0, 0.05) is 6.92 Å². The molecule has 0 heterocycles. The second kappa shape index (κ2) is 5.93. The molecule has 1 amide bonds.